The number of aromatic amines is 2. The lowest BCUT2D eigenvalue weighted by Crippen LogP contribution is -2.60. The number of aliphatic hydroxyl groups excluding tert-OH is 5. The molecule has 3 amide bonds. The number of nitrogens with one attached hydrogen (secondary N) is 5. The second-order valence-electron chi connectivity index (χ2n) is 21.6. The van der Waals surface area contributed by atoms with E-state index in [4.69, 9.17) is 33.2 Å². The van der Waals surface area contributed by atoms with Gasteiger partial charge in [0.05, 0.1) is 56.5 Å². The van der Waals surface area contributed by atoms with Gasteiger partial charge in [-0.15, -0.1) is 0 Å². The molecule has 4 fully saturated rings. The predicted octanol–water partition coefficient (Wildman–Crippen LogP) is 1.31. The van der Waals surface area contributed by atoms with E-state index in [0.29, 0.717) is 11.6 Å². The summed E-state index contributed by atoms with van der Waals surface area (Å²) >= 11 is 0. The molecule has 1 aromatic heterocycles. The number of carbonyl (C=O) groups excluding carboxylic acids is 4. The van der Waals surface area contributed by atoms with Gasteiger partial charge in [-0.25, -0.2) is 4.79 Å². The molecule has 0 bridgehead atoms. The molecule has 0 spiro atoms. The molecule has 78 heavy (non-hydrogen) atoms. The fourth-order valence-corrected chi connectivity index (χ4v) is 11.4. The summed E-state index contributed by atoms with van der Waals surface area (Å²) in [6, 6.07) is 9.03. The predicted molar refractivity (Wildman–Crippen MR) is 281 cm³/mol. The zero-order valence-corrected chi connectivity index (χ0v) is 45.1. The van der Waals surface area contributed by atoms with Crippen LogP contribution in [0.25, 0.3) is 10.8 Å². The van der Waals surface area contributed by atoms with Crippen molar-refractivity contribution < 1.29 is 77.9 Å². The second kappa shape index (κ2) is 28.4. The summed E-state index contributed by atoms with van der Waals surface area (Å²) in [5.74, 6) is -4.14. The average molecular weight is 1100 g/mol. The molecule has 3 heterocycles. The maximum absolute atomic E-state index is 14.2. The van der Waals surface area contributed by atoms with Crippen molar-refractivity contribution in [2.24, 2.45) is 23.7 Å². The van der Waals surface area contributed by atoms with Crippen molar-refractivity contribution in [3.63, 3.8) is 0 Å². The van der Waals surface area contributed by atoms with Gasteiger partial charge in [0, 0.05) is 48.5 Å². The smallest absolute Gasteiger partial charge is 0.326 e. The highest BCUT2D eigenvalue weighted by molar-refractivity contribution is 6.04. The number of hydrogen-bond acceptors (Lipinski definition) is 18. The van der Waals surface area contributed by atoms with E-state index in [1.807, 2.05) is 38.7 Å². The van der Waals surface area contributed by atoms with Crippen LogP contribution in [0.1, 0.15) is 98.8 Å². The van der Waals surface area contributed by atoms with Crippen LogP contribution >= 0.6 is 0 Å². The SMILES string of the molecule is Cc1cc(C)c2c(NC(=O)COCCOCC(=O)NCCNC(=O)C3CC(CC(=O)c4cc(=O)[nH]c(=O)[nH]4)[C@H](O[C@@H]4OC[C@@H](O)[C@H](O)C4O)[C@H](O[C@@H]4O[C@@H](CO)[C@H](O)C(OC(C)CC5CCCCC5)C4C)C3)cc(C)cc2c1. The van der Waals surface area contributed by atoms with Gasteiger partial charge < -0.3 is 79.6 Å². The standard InChI is InChI=1S/C55H79N5O18/c1-28-15-30(3)46-34(16-28)17-29(2)18-38(46)58-45(66)27-73-14-13-72-26-44(65)56-11-12-57-52(70)36-20-35(21-39(62)37-23-43(64)60-55(71)59-37)51(78-54-49(69)47(67)40(63)25-74-54)41(22-36)76-53-32(5)50(48(68)42(24-61)77-53)75-31(4)19-33-9-7-6-8-10-33/h15-18,23,31-33,35-36,40-42,47-51,53-54,61,63,67-69H,6-14,19-22,24-27H2,1-5H3,(H,56,65)(H,57,70)(H,58,66)(H2,59,60,64,71)/t31?,32?,35?,36?,40-,41-,42+,47+,48+,49?,50?,51+,53-,54+/m1/s1. The molecule has 7 rings (SSSR count). The number of anilines is 1. The van der Waals surface area contributed by atoms with Crippen LogP contribution in [0.4, 0.5) is 5.69 Å². The fourth-order valence-electron chi connectivity index (χ4n) is 11.4. The molecule has 10 N–H and O–H groups in total. The van der Waals surface area contributed by atoms with Crippen LogP contribution in [0.5, 0.6) is 0 Å². The van der Waals surface area contributed by atoms with Crippen LogP contribution < -0.4 is 27.2 Å². The van der Waals surface area contributed by atoms with Crippen molar-refractivity contribution in [2.75, 3.05) is 58.0 Å². The Morgan fingerprint density at radius 2 is 1.49 bits per heavy atom. The van der Waals surface area contributed by atoms with E-state index in [2.05, 4.69) is 39.1 Å². The third-order valence-corrected chi connectivity index (χ3v) is 15.2. The number of hydrogen-bond donors (Lipinski definition) is 10. The van der Waals surface area contributed by atoms with Gasteiger partial charge in [0.2, 0.25) is 17.7 Å². The summed E-state index contributed by atoms with van der Waals surface area (Å²) in [6.07, 6.45) is -7.83. The Hall–Kier alpha value is -5.02. The molecule has 3 aromatic rings. The maximum Gasteiger partial charge on any atom is 0.326 e. The number of Topliss-reactive ketones (excluding diaryl/α,β-unsaturated/α-hetero) is 1. The van der Waals surface area contributed by atoms with E-state index in [0.717, 1.165) is 65.6 Å². The number of carbonyl (C=O) groups is 4. The van der Waals surface area contributed by atoms with E-state index in [-0.39, 0.29) is 70.1 Å². The first-order valence-electron chi connectivity index (χ1n) is 27.2. The summed E-state index contributed by atoms with van der Waals surface area (Å²) in [7, 11) is 0. The molecule has 0 radical (unpaired) electrons. The van der Waals surface area contributed by atoms with Crippen LogP contribution in [0.3, 0.4) is 0 Å². The minimum Gasteiger partial charge on any atom is -0.394 e. The van der Waals surface area contributed by atoms with E-state index >= 15 is 0 Å². The van der Waals surface area contributed by atoms with Gasteiger partial charge in [0.25, 0.3) is 5.56 Å². The van der Waals surface area contributed by atoms with Crippen LogP contribution in [0.2, 0.25) is 0 Å². The monoisotopic (exact) mass is 1100 g/mol. The molecule has 432 valence electrons. The average Bonchev–Trinajstić information content (AvgIpc) is 3.50. The lowest BCUT2D eigenvalue weighted by Gasteiger charge is -2.48. The van der Waals surface area contributed by atoms with Crippen molar-refractivity contribution >= 4 is 40.0 Å². The number of aromatic nitrogens is 2. The molecule has 2 aromatic carbocycles. The minimum atomic E-state index is -1.77. The van der Waals surface area contributed by atoms with Crippen LogP contribution in [0.15, 0.2) is 39.9 Å². The summed E-state index contributed by atoms with van der Waals surface area (Å²) in [4.78, 5) is 82.5. The van der Waals surface area contributed by atoms with Crippen molar-refractivity contribution in [3.8, 4) is 0 Å². The van der Waals surface area contributed by atoms with Gasteiger partial charge in [-0.3, -0.25) is 29.0 Å². The van der Waals surface area contributed by atoms with Crippen LogP contribution in [0, 0.1) is 44.4 Å². The molecule has 2 aliphatic carbocycles. The van der Waals surface area contributed by atoms with Crippen molar-refractivity contribution in [2.45, 2.75) is 160 Å². The Kier molecular flexibility index (Phi) is 22.1. The quantitative estimate of drug-likeness (QED) is 0.0447. The first-order valence-corrected chi connectivity index (χ1v) is 27.2. The molecule has 2 saturated heterocycles. The van der Waals surface area contributed by atoms with E-state index in [1.54, 1.807) is 6.92 Å². The van der Waals surface area contributed by atoms with Gasteiger partial charge in [0.1, 0.15) is 43.7 Å². The van der Waals surface area contributed by atoms with Gasteiger partial charge in [-0.1, -0.05) is 62.8 Å². The van der Waals surface area contributed by atoms with Gasteiger partial charge >= 0.3 is 5.69 Å². The largest absolute Gasteiger partial charge is 0.394 e. The van der Waals surface area contributed by atoms with E-state index < -0.39 is 128 Å². The fraction of sp³-hybridized carbons (Fsp3) is 0.673. The number of aryl methyl sites for hydroxylation is 3. The Labute approximate surface area is 452 Å². The van der Waals surface area contributed by atoms with E-state index in [9.17, 15) is 54.3 Å². The Balaban J connectivity index is 0.981. The molecule has 23 heteroatoms. The number of fused-ring (bicyclic) bond motifs is 1. The Morgan fingerprint density at radius 3 is 2.19 bits per heavy atom. The lowest BCUT2D eigenvalue weighted by atomic mass is 9.74. The van der Waals surface area contributed by atoms with E-state index in [1.165, 1.54) is 6.42 Å². The third-order valence-electron chi connectivity index (χ3n) is 15.2. The van der Waals surface area contributed by atoms with Gasteiger partial charge in [-0.05, 0) is 81.4 Å². The highest BCUT2D eigenvalue weighted by Crippen LogP contribution is 2.41. The van der Waals surface area contributed by atoms with Crippen molar-refractivity contribution in [1.29, 1.82) is 0 Å². The number of ketones is 1. The first-order chi connectivity index (χ1) is 37.3. The van der Waals surface area contributed by atoms with Gasteiger partial charge in [-0.2, -0.15) is 0 Å². The van der Waals surface area contributed by atoms with Crippen LogP contribution in [-0.2, 0) is 47.5 Å². The van der Waals surface area contributed by atoms with Crippen molar-refractivity contribution in [1.82, 2.24) is 20.6 Å². The molecule has 2 saturated carbocycles. The number of H-pyrrole nitrogens is 2. The molecule has 2 aliphatic heterocycles. The summed E-state index contributed by atoms with van der Waals surface area (Å²) in [6.45, 7) is 8.12. The summed E-state index contributed by atoms with van der Waals surface area (Å²) in [5.41, 5.74) is 1.77. The maximum atomic E-state index is 14.2. The zero-order valence-electron chi connectivity index (χ0n) is 45.1. The molecule has 23 nitrogen and oxygen atoms in total. The molecule has 4 aliphatic rings. The lowest BCUT2D eigenvalue weighted by molar-refractivity contribution is -0.336. The number of rotatable bonds is 24. The second-order valence-corrected chi connectivity index (χ2v) is 21.6. The minimum absolute atomic E-state index is 0.00253. The summed E-state index contributed by atoms with van der Waals surface area (Å²) in [5, 5.41) is 64.2. The zero-order chi connectivity index (χ0) is 56.2. The highest BCUT2D eigenvalue weighted by atomic mass is 16.7. The number of amides is 3. The Morgan fingerprint density at radius 1 is 0.795 bits per heavy atom. The third kappa shape index (κ3) is 16.3. The number of aliphatic hydroxyl groups is 5. The number of benzene rings is 2. The normalized spacial score (nSPS) is 29.2. The molecule has 14 atom stereocenters. The molecule has 6 unspecified atom stereocenters. The first kappa shape index (κ1) is 60.6. The topological polar surface area (TPSA) is 336 Å². The van der Waals surface area contributed by atoms with Gasteiger partial charge in [0.15, 0.2) is 18.4 Å². The van der Waals surface area contributed by atoms with Crippen molar-refractivity contribution in [3.05, 3.63) is 73.6 Å². The highest BCUT2D eigenvalue weighted by Gasteiger charge is 2.51. The van der Waals surface area contributed by atoms with Crippen LogP contribution in [-0.4, -0.2) is 179 Å². The number of ether oxygens (including phenoxy) is 7. The Bertz CT molecular complexity index is 2590. The molecular formula is C55H79N5O18. The molecular weight excluding hydrogens is 1020 g/mol. The summed E-state index contributed by atoms with van der Waals surface area (Å²) < 4.78 is 42.5.